The third kappa shape index (κ3) is 12.2. The summed E-state index contributed by atoms with van der Waals surface area (Å²) in [7, 11) is 0. The smallest absolute Gasteiger partial charge is 0.0701 e. The van der Waals surface area contributed by atoms with Crippen LogP contribution in [0.5, 0.6) is 0 Å². The van der Waals surface area contributed by atoms with Gasteiger partial charge in [-0.1, -0.05) is 20.3 Å². The third-order valence-electron chi connectivity index (χ3n) is 5.05. The molecule has 1 unspecified atom stereocenters. The molecular weight excluding hydrogens is 330 g/mol. The molecule has 0 aromatic heterocycles. The van der Waals surface area contributed by atoms with Crippen LogP contribution < -0.4 is 5.32 Å². The van der Waals surface area contributed by atoms with Gasteiger partial charge in [0.1, 0.15) is 0 Å². The van der Waals surface area contributed by atoms with Crippen LogP contribution in [-0.4, -0.2) is 101 Å². The first-order chi connectivity index (χ1) is 12.6. The quantitative estimate of drug-likeness (QED) is 0.416. The van der Waals surface area contributed by atoms with Crippen molar-refractivity contribution in [2.24, 2.45) is 5.92 Å². The highest BCUT2D eigenvalue weighted by molar-refractivity contribution is 4.73. The highest BCUT2D eigenvalue weighted by Crippen LogP contribution is 2.05. The van der Waals surface area contributed by atoms with Crippen molar-refractivity contribution in [3.05, 3.63) is 0 Å². The fraction of sp³-hybridized carbons (Fsp3) is 1.00. The Morgan fingerprint density at radius 1 is 0.808 bits per heavy atom. The van der Waals surface area contributed by atoms with Gasteiger partial charge in [0.15, 0.2) is 0 Å². The minimum Gasteiger partial charge on any atom is -0.378 e. The molecule has 0 aliphatic carbocycles. The molecule has 156 valence electrons. The molecule has 1 N–H and O–H groups in total. The molecule has 0 amide bonds. The second-order valence-electron chi connectivity index (χ2n) is 7.53. The number of hydrogen-bond acceptors (Lipinski definition) is 6. The monoisotopic (exact) mass is 373 g/mol. The topological polar surface area (TPSA) is 46.2 Å². The lowest BCUT2D eigenvalue weighted by atomic mass is 10.1. The van der Waals surface area contributed by atoms with Gasteiger partial charge in [0.05, 0.1) is 39.6 Å². The van der Waals surface area contributed by atoms with Gasteiger partial charge in [-0.2, -0.15) is 0 Å². The molecule has 0 aromatic rings. The van der Waals surface area contributed by atoms with E-state index < -0.39 is 0 Å². The molecule has 1 atom stereocenters. The molecule has 1 saturated heterocycles. The molecule has 0 aromatic carbocycles. The lowest BCUT2D eigenvalue weighted by Crippen LogP contribution is -2.49. The van der Waals surface area contributed by atoms with Gasteiger partial charge in [-0.15, -0.1) is 0 Å². The van der Waals surface area contributed by atoms with Crippen LogP contribution in [0.3, 0.4) is 0 Å². The summed E-state index contributed by atoms with van der Waals surface area (Å²) in [6.45, 7) is 20.9. The molecular formula is C20H43N3O3. The Bertz CT molecular complexity index is 311. The highest BCUT2D eigenvalue weighted by atomic mass is 16.5. The Hall–Kier alpha value is -0.240. The van der Waals surface area contributed by atoms with Crippen LogP contribution in [0.15, 0.2) is 0 Å². The van der Waals surface area contributed by atoms with Crippen LogP contribution in [0.4, 0.5) is 0 Å². The first-order valence-corrected chi connectivity index (χ1v) is 10.5. The predicted octanol–water partition coefficient (Wildman–Crippen LogP) is 1.70. The maximum Gasteiger partial charge on any atom is 0.0701 e. The third-order valence-corrected chi connectivity index (χ3v) is 5.05. The second kappa shape index (κ2) is 15.8. The van der Waals surface area contributed by atoms with E-state index >= 15 is 0 Å². The van der Waals surface area contributed by atoms with Crippen molar-refractivity contribution in [1.82, 2.24) is 15.1 Å². The van der Waals surface area contributed by atoms with E-state index in [9.17, 15) is 0 Å². The Morgan fingerprint density at radius 3 is 1.96 bits per heavy atom. The summed E-state index contributed by atoms with van der Waals surface area (Å²) < 4.78 is 16.8. The predicted molar refractivity (Wildman–Crippen MR) is 108 cm³/mol. The molecule has 26 heavy (non-hydrogen) atoms. The fourth-order valence-corrected chi connectivity index (χ4v) is 2.88. The molecule has 0 radical (unpaired) electrons. The van der Waals surface area contributed by atoms with Crippen LogP contribution in [0, 0.1) is 5.92 Å². The van der Waals surface area contributed by atoms with Gasteiger partial charge in [0.25, 0.3) is 0 Å². The number of piperazine rings is 1. The molecule has 6 nitrogen and oxygen atoms in total. The summed E-state index contributed by atoms with van der Waals surface area (Å²) in [5.74, 6) is 0.739. The van der Waals surface area contributed by atoms with E-state index in [-0.39, 0.29) is 0 Å². The molecule has 1 aliphatic rings. The zero-order valence-electron chi connectivity index (χ0n) is 17.7. The molecule has 6 heteroatoms. The maximum atomic E-state index is 5.67. The van der Waals surface area contributed by atoms with Gasteiger partial charge in [0, 0.05) is 45.3 Å². The van der Waals surface area contributed by atoms with E-state index in [1.807, 2.05) is 0 Å². The molecule has 0 saturated carbocycles. The summed E-state index contributed by atoms with van der Waals surface area (Å²) in [6, 6.07) is 0.663. The molecule has 0 spiro atoms. The second-order valence-corrected chi connectivity index (χ2v) is 7.53. The minimum absolute atomic E-state index is 0.645. The van der Waals surface area contributed by atoms with Crippen LogP contribution >= 0.6 is 0 Å². The van der Waals surface area contributed by atoms with Gasteiger partial charge >= 0.3 is 0 Å². The summed E-state index contributed by atoms with van der Waals surface area (Å²) in [5.41, 5.74) is 0. The standard InChI is InChI=1S/C20H43N3O3/c1-5-20(4)18-21-6-12-24-14-16-26-17-15-25-13-11-22-7-9-23(10-8-22)19(2)3/h19-21H,5-18H2,1-4H3. The van der Waals surface area contributed by atoms with E-state index in [0.717, 1.165) is 51.9 Å². The number of nitrogens with zero attached hydrogens (tertiary/aromatic N) is 2. The Kier molecular flexibility index (Phi) is 14.4. The molecule has 1 heterocycles. The zero-order chi connectivity index (χ0) is 19.0. The van der Waals surface area contributed by atoms with Crippen molar-refractivity contribution in [2.75, 3.05) is 85.5 Å². The van der Waals surface area contributed by atoms with Crippen LogP contribution in [-0.2, 0) is 14.2 Å². The summed E-state index contributed by atoms with van der Waals surface area (Å²) in [5, 5.41) is 3.40. The van der Waals surface area contributed by atoms with Crippen molar-refractivity contribution >= 4 is 0 Å². The first-order valence-electron chi connectivity index (χ1n) is 10.5. The summed E-state index contributed by atoms with van der Waals surface area (Å²) in [4.78, 5) is 5.03. The first kappa shape index (κ1) is 23.8. The number of ether oxygens (including phenoxy) is 3. The maximum absolute atomic E-state index is 5.67. The average molecular weight is 374 g/mol. The van der Waals surface area contributed by atoms with Gasteiger partial charge in [-0.25, -0.2) is 0 Å². The largest absolute Gasteiger partial charge is 0.378 e. The average Bonchev–Trinajstić information content (AvgIpc) is 2.65. The van der Waals surface area contributed by atoms with E-state index in [2.05, 4.69) is 42.8 Å². The summed E-state index contributed by atoms with van der Waals surface area (Å²) in [6.07, 6.45) is 1.22. The number of nitrogens with one attached hydrogen (secondary N) is 1. The lowest BCUT2D eigenvalue weighted by molar-refractivity contribution is 0.00755. The van der Waals surface area contributed by atoms with Gasteiger partial charge in [0.2, 0.25) is 0 Å². The van der Waals surface area contributed by atoms with Crippen LogP contribution in [0.25, 0.3) is 0 Å². The van der Waals surface area contributed by atoms with Crippen molar-refractivity contribution < 1.29 is 14.2 Å². The van der Waals surface area contributed by atoms with Crippen molar-refractivity contribution in [3.63, 3.8) is 0 Å². The van der Waals surface area contributed by atoms with Gasteiger partial charge in [-0.3, -0.25) is 9.80 Å². The van der Waals surface area contributed by atoms with Crippen molar-refractivity contribution in [3.8, 4) is 0 Å². The number of rotatable bonds is 16. The summed E-state index contributed by atoms with van der Waals surface area (Å²) >= 11 is 0. The van der Waals surface area contributed by atoms with Crippen molar-refractivity contribution in [1.29, 1.82) is 0 Å². The molecule has 0 bridgehead atoms. The van der Waals surface area contributed by atoms with Crippen molar-refractivity contribution in [2.45, 2.75) is 40.2 Å². The normalized spacial score (nSPS) is 17.9. The Morgan fingerprint density at radius 2 is 1.38 bits per heavy atom. The number of hydrogen-bond donors (Lipinski definition) is 1. The highest BCUT2D eigenvalue weighted by Gasteiger charge is 2.17. The minimum atomic E-state index is 0.645. The zero-order valence-corrected chi connectivity index (χ0v) is 17.7. The van der Waals surface area contributed by atoms with E-state index in [4.69, 9.17) is 14.2 Å². The lowest BCUT2D eigenvalue weighted by Gasteiger charge is -2.36. The SMILES string of the molecule is CCC(C)CNCCOCCOCCOCCN1CCN(C(C)C)CC1. The van der Waals surface area contributed by atoms with E-state index in [0.29, 0.717) is 32.5 Å². The Labute approximate surface area is 161 Å². The van der Waals surface area contributed by atoms with E-state index in [1.165, 1.54) is 19.5 Å². The van der Waals surface area contributed by atoms with Gasteiger partial charge < -0.3 is 19.5 Å². The molecule has 1 rings (SSSR count). The van der Waals surface area contributed by atoms with E-state index in [1.54, 1.807) is 0 Å². The molecule has 1 fully saturated rings. The van der Waals surface area contributed by atoms with Crippen LogP contribution in [0.1, 0.15) is 34.1 Å². The Balaban J connectivity index is 1.76. The fourth-order valence-electron chi connectivity index (χ4n) is 2.88. The van der Waals surface area contributed by atoms with Crippen LogP contribution in [0.2, 0.25) is 0 Å². The molecule has 1 aliphatic heterocycles. The van der Waals surface area contributed by atoms with Gasteiger partial charge in [-0.05, 0) is 26.3 Å².